The molecule has 0 bridgehead atoms. The van der Waals surface area contributed by atoms with Crippen molar-refractivity contribution in [2.75, 3.05) is 5.73 Å². The Balaban J connectivity index is 0.00000112. The zero-order chi connectivity index (χ0) is 10.1. The zero-order valence-electron chi connectivity index (χ0n) is 8.65. The zero-order valence-corrected chi connectivity index (χ0v) is 10.3. The van der Waals surface area contributed by atoms with E-state index in [4.69, 9.17) is 5.73 Å². The van der Waals surface area contributed by atoms with E-state index in [-0.39, 0.29) is 12.4 Å². The third-order valence-corrected chi connectivity index (χ3v) is 2.86. The summed E-state index contributed by atoms with van der Waals surface area (Å²) in [7, 11) is 0. The van der Waals surface area contributed by atoms with Gasteiger partial charge in [-0.3, -0.25) is 0 Å². The number of thiazole rings is 1. The molecule has 0 aliphatic rings. The van der Waals surface area contributed by atoms with Gasteiger partial charge in [0.2, 0.25) is 0 Å². The first-order chi connectivity index (χ1) is 6.66. The van der Waals surface area contributed by atoms with Gasteiger partial charge in [-0.2, -0.15) is 0 Å². The lowest BCUT2D eigenvalue weighted by atomic mass is 10.0. The quantitative estimate of drug-likeness (QED) is 0.830. The third-order valence-electron chi connectivity index (χ3n) is 2.19. The SMILES string of the molecule is Cc1ccc(C)c(-c2csc(N)n2)c1.Cl. The van der Waals surface area contributed by atoms with E-state index in [2.05, 4.69) is 37.0 Å². The number of benzene rings is 1. The molecule has 4 heteroatoms. The minimum absolute atomic E-state index is 0. The topological polar surface area (TPSA) is 38.9 Å². The molecule has 15 heavy (non-hydrogen) atoms. The van der Waals surface area contributed by atoms with E-state index >= 15 is 0 Å². The number of rotatable bonds is 1. The first kappa shape index (κ1) is 12.0. The fourth-order valence-electron chi connectivity index (χ4n) is 1.42. The van der Waals surface area contributed by atoms with Crippen LogP contribution in [0.5, 0.6) is 0 Å². The maximum Gasteiger partial charge on any atom is 0.180 e. The van der Waals surface area contributed by atoms with Crippen molar-refractivity contribution in [1.82, 2.24) is 4.98 Å². The van der Waals surface area contributed by atoms with Crippen molar-refractivity contribution < 1.29 is 0 Å². The number of hydrogen-bond donors (Lipinski definition) is 1. The number of nitrogens with zero attached hydrogens (tertiary/aromatic N) is 1. The predicted octanol–water partition coefficient (Wildman–Crippen LogP) is 3.43. The molecule has 0 spiro atoms. The maximum atomic E-state index is 5.61. The van der Waals surface area contributed by atoms with Crippen LogP contribution in [0.15, 0.2) is 23.6 Å². The molecule has 2 N–H and O–H groups in total. The van der Waals surface area contributed by atoms with Gasteiger partial charge in [0.05, 0.1) is 5.69 Å². The number of hydrogen-bond acceptors (Lipinski definition) is 3. The number of anilines is 1. The molecule has 1 aromatic carbocycles. The van der Waals surface area contributed by atoms with Crippen molar-refractivity contribution in [2.24, 2.45) is 0 Å². The molecular weight excluding hydrogens is 228 g/mol. The Kier molecular flexibility index (Phi) is 3.72. The van der Waals surface area contributed by atoms with Crippen molar-refractivity contribution in [3.8, 4) is 11.3 Å². The van der Waals surface area contributed by atoms with E-state index in [1.165, 1.54) is 28.0 Å². The summed E-state index contributed by atoms with van der Waals surface area (Å²) in [6.07, 6.45) is 0. The summed E-state index contributed by atoms with van der Waals surface area (Å²) >= 11 is 1.48. The number of nitrogen functional groups attached to an aromatic ring is 1. The minimum atomic E-state index is 0. The second-order valence-corrected chi connectivity index (χ2v) is 4.28. The lowest BCUT2D eigenvalue weighted by Gasteiger charge is -2.03. The second kappa shape index (κ2) is 4.64. The smallest absolute Gasteiger partial charge is 0.180 e. The van der Waals surface area contributed by atoms with Crippen LogP contribution in [0.3, 0.4) is 0 Å². The molecule has 0 amide bonds. The van der Waals surface area contributed by atoms with E-state index < -0.39 is 0 Å². The van der Waals surface area contributed by atoms with Crippen molar-refractivity contribution in [3.05, 3.63) is 34.7 Å². The van der Waals surface area contributed by atoms with Crippen LogP contribution in [0.1, 0.15) is 11.1 Å². The van der Waals surface area contributed by atoms with Gasteiger partial charge in [0.1, 0.15) is 0 Å². The number of aryl methyl sites for hydroxylation is 2. The highest BCUT2D eigenvalue weighted by Crippen LogP contribution is 2.26. The molecule has 0 atom stereocenters. The van der Waals surface area contributed by atoms with Crippen LogP contribution >= 0.6 is 23.7 Å². The van der Waals surface area contributed by atoms with Crippen LogP contribution in [0.25, 0.3) is 11.3 Å². The molecule has 0 radical (unpaired) electrons. The van der Waals surface area contributed by atoms with Crippen LogP contribution in [-0.2, 0) is 0 Å². The van der Waals surface area contributed by atoms with E-state index in [1.807, 2.05) is 5.38 Å². The molecule has 0 aliphatic heterocycles. The molecule has 0 saturated heterocycles. The standard InChI is InChI=1S/C11H12N2S.ClH/c1-7-3-4-8(2)9(5-7)10-6-14-11(12)13-10;/h3-6H,1-2H3,(H2,12,13);1H. The molecule has 1 heterocycles. The summed E-state index contributed by atoms with van der Waals surface area (Å²) in [5.41, 5.74) is 10.3. The lowest BCUT2D eigenvalue weighted by molar-refractivity contribution is 1.34. The number of halogens is 1. The molecule has 2 rings (SSSR count). The van der Waals surface area contributed by atoms with Crippen molar-refractivity contribution in [2.45, 2.75) is 13.8 Å². The van der Waals surface area contributed by atoms with Gasteiger partial charge >= 0.3 is 0 Å². The van der Waals surface area contributed by atoms with Crippen LogP contribution in [0.4, 0.5) is 5.13 Å². The Labute approximate surface area is 99.6 Å². The average molecular weight is 241 g/mol. The number of nitrogens with two attached hydrogens (primary N) is 1. The predicted molar refractivity (Wildman–Crippen MR) is 68.7 cm³/mol. The average Bonchev–Trinajstić information content (AvgIpc) is 2.56. The Morgan fingerprint density at radius 3 is 2.60 bits per heavy atom. The number of aromatic nitrogens is 1. The highest BCUT2D eigenvalue weighted by Gasteiger charge is 2.05. The fraction of sp³-hybridized carbons (Fsp3) is 0.182. The Hall–Kier alpha value is -1.06. The third kappa shape index (κ3) is 2.49. The molecule has 0 saturated carbocycles. The summed E-state index contributed by atoms with van der Waals surface area (Å²) in [6.45, 7) is 4.17. The molecule has 2 nitrogen and oxygen atoms in total. The monoisotopic (exact) mass is 240 g/mol. The Bertz CT molecular complexity index is 465. The van der Waals surface area contributed by atoms with E-state index in [0.29, 0.717) is 5.13 Å². The largest absolute Gasteiger partial charge is 0.375 e. The van der Waals surface area contributed by atoms with Gasteiger partial charge in [-0.25, -0.2) is 4.98 Å². The minimum Gasteiger partial charge on any atom is -0.375 e. The van der Waals surface area contributed by atoms with Gasteiger partial charge < -0.3 is 5.73 Å². The van der Waals surface area contributed by atoms with E-state index in [9.17, 15) is 0 Å². The van der Waals surface area contributed by atoms with Crippen LogP contribution in [-0.4, -0.2) is 4.98 Å². The molecule has 0 unspecified atom stereocenters. The summed E-state index contributed by atoms with van der Waals surface area (Å²) in [4.78, 5) is 4.28. The summed E-state index contributed by atoms with van der Waals surface area (Å²) < 4.78 is 0. The molecule has 0 fully saturated rings. The lowest BCUT2D eigenvalue weighted by Crippen LogP contribution is -1.86. The van der Waals surface area contributed by atoms with Gasteiger partial charge in [-0.15, -0.1) is 23.7 Å². The van der Waals surface area contributed by atoms with Crippen molar-refractivity contribution in [3.63, 3.8) is 0 Å². The van der Waals surface area contributed by atoms with Gasteiger partial charge in [-0.1, -0.05) is 17.7 Å². The van der Waals surface area contributed by atoms with Gasteiger partial charge in [-0.05, 0) is 25.5 Å². The maximum absolute atomic E-state index is 5.61. The van der Waals surface area contributed by atoms with Crippen molar-refractivity contribution >= 4 is 28.9 Å². The molecule has 0 aliphatic carbocycles. The van der Waals surface area contributed by atoms with Gasteiger partial charge in [0, 0.05) is 10.9 Å². The summed E-state index contributed by atoms with van der Waals surface area (Å²) in [5, 5.41) is 2.62. The van der Waals surface area contributed by atoms with Crippen LogP contribution < -0.4 is 5.73 Å². The first-order valence-electron chi connectivity index (χ1n) is 4.45. The first-order valence-corrected chi connectivity index (χ1v) is 5.33. The normalized spacial score (nSPS) is 9.73. The van der Waals surface area contributed by atoms with Crippen LogP contribution in [0, 0.1) is 13.8 Å². The van der Waals surface area contributed by atoms with Crippen LogP contribution in [0.2, 0.25) is 0 Å². The van der Waals surface area contributed by atoms with Crippen molar-refractivity contribution in [1.29, 1.82) is 0 Å². The van der Waals surface area contributed by atoms with E-state index in [1.54, 1.807) is 0 Å². The van der Waals surface area contributed by atoms with E-state index in [0.717, 1.165) is 5.69 Å². The second-order valence-electron chi connectivity index (χ2n) is 3.39. The summed E-state index contributed by atoms with van der Waals surface area (Å²) in [6, 6.07) is 6.36. The molecular formula is C11H13ClN2S. The van der Waals surface area contributed by atoms with Gasteiger partial charge in [0.25, 0.3) is 0 Å². The molecule has 80 valence electrons. The van der Waals surface area contributed by atoms with Gasteiger partial charge in [0.15, 0.2) is 5.13 Å². The molecule has 2 aromatic rings. The Morgan fingerprint density at radius 2 is 2.00 bits per heavy atom. The molecule has 1 aromatic heterocycles. The summed E-state index contributed by atoms with van der Waals surface area (Å²) in [5.74, 6) is 0. The fourth-order valence-corrected chi connectivity index (χ4v) is 1.99. The highest BCUT2D eigenvalue weighted by molar-refractivity contribution is 7.13. The highest BCUT2D eigenvalue weighted by atomic mass is 35.5. The Morgan fingerprint density at radius 1 is 1.27 bits per heavy atom.